The van der Waals surface area contributed by atoms with Gasteiger partial charge < -0.3 is 14.8 Å². The van der Waals surface area contributed by atoms with Crippen molar-refractivity contribution in [3.63, 3.8) is 0 Å². The third-order valence-corrected chi connectivity index (χ3v) is 9.60. The third-order valence-electron chi connectivity index (χ3n) is 5.24. The molecule has 0 spiro atoms. The van der Waals surface area contributed by atoms with Crippen LogP contribution in [0.2, 0.25) is 18.1 Å². The van der Waals surface area contributed by atoms with Crippen molar-refractivity contribution in [1.29, 1.82) is 0 Å². The number of aliphatic carboxylic acids is 1. The highest BCUT2D eigenvalue weighted by molar-refractivity contribution is 6.74. The summed E-state index contributed by atoms with van der Waals surface area (Å²) in [6.45, 7) is 12.6. The van der Waals surface area contributed by atoms with Crippen molar-refractivity contribution in [2.75, 3.05) is 0 Å². The van der Waals surface area contributed by atoms with E-state index in [1.54, 1.807) is 6.92 Å². The first kappa shape index (κ1) is 20.2. The fourth-order valence-electron chi connectivity index (χ4n) is 2.72. The number of carboxylic acids is 1. The van der Waals surface area contributed by atoms with Gasteiger partial charge in [-0.05, 0) is 42.2 Å². The van der Waals surface area contributed by atoms with Gasteiger partial charge in [0.2, 0.25) is 8.32 Å². The van der Waals surface area contributed by atoms with Crippen LogP contribution in [0.5, 0.6) is 5.75 Å². The van der Waals surface area contributed by atoms with Gasteiger partial charge in [-0.25, -0.2) is 9.79 Å². The van der Waals surface area contributed by atoms with Gasteiger partial charge in [0, 0.05) is 5.71 Å². The van der Waals surface area contributed by atoms with Crippen LogP contribution in [0.4, 0.5) is 4.79 Å². The van der Waals surface area contributed by atoms with Gasteiger partial charge in [0.25, 0.3) is 0 Å². The molecule has 1 aliphatic heterocycles. The Morgan fingerprint density at radius 2 is 2.00 bits per heavy atom. The number of nitrogens with zero attached hydrogens (tertiary/aromatic N) is 1. The van der Waals surface area contributed by atoms with Crippen molar-refractivity contribution < 1.29 is 19.1 Å². The maximum atomic E-state index is 11.9. The number of carbonyl (C=O) groups excluding carboxylic acids is 1. The Balaban J connectivity index is 2.38. The van der Waals surface area contributed by atoms with Crippen molar-refractivity contribution in [2.24, 2.45) is 10.9 Å². The molecule has 1 aromatic rings. The monoisotopic (exact) mass is 376 g/mol. The lowest BCUT2D eigenvalue weighted by Crippen LogP contribution is -2.45. The molecule has 142 valence electrons. The van der Waals surface area contributed by atoms with E-state index in [9.17, 15) is 14.7 Å². The predicted molar refractivity (Wildman–Crippen MR) is 104 cm³/mol. The fourth-order valence-corrected chi connectivity index (χ4v) is 3.74. The van der Waals surface area contributed by atoms with Gasteiger partial charge in [-0.15, -0.1) is 0 Å². The average molecular weight is 377 g/mol. The maximum Gasteiger partial charge on any atom is 0.341 e. The molecule has 26 heavy (non-hydrogen) atoms. The van der Waals surface area contributed by atoms with Crippen molar-refractivity contribution in [3.8, 4) is 5.75 Å². The van der Waals surface area contributed by atoms with E-state index in [2.05, 4.69) is 44.2 Å². The van der Waals surface area contributed by atoms with Gasteiger partial charge in [0.1, 0.15) is 11.7 Å². The van der Waals surface area contributed by atoms with Crippen molar-refractivity contribution >= 4 is 26.0 Å². The highest BCUT2D eigenvalue weighted by Crippen LogP contribution is 2.38. The normalized spacial score (nSPS) is 21.0. The zero-order chi connectivity index (χ0) is 19.7. The number of rotatable bonds is 5. The van der Waals surface area contributed by atoms with Crippen LogP contribution in [0.1, 0.15) is 45.7 Å². The molecule has 1 aliphatic rings. The first-order valence-corrected chi connectivity index (χ1v) is 11.8. The second-order valence-corrected chi connectivity index (χ2v) is 12.9. The van der Waals surface area contributed by atoms with E-state index >= 15 is 0 Å². The Labute approximate surface area is 155 Å². The van der Waals surface area contributed by atoms with E-state index < -0.39 is 32.3 Å². The highest BCUT2D eigenvalue weighted by atomic mass is 28.4. The molecule has 2 rings (SSSR count). The largest absolute Gasteiger partial charge is 0.543 e. The molecule has 6 nitrogen and oxygen atoms in total. The Bertz CT molecular complexity index is 737. The molecule has 0 saturated heterocycles. The number of benzene rings is 1. The summed E-state index contributed by atoms with van der Waals surface area (Å²) in [7, 11) is -2.02. The summed E-state index contributed by atoms with van der Waals surface area (Å²) in [5.74, 6) is -1.17. The number of carboxylic acid groups (broad SMARTS) is 1. The van der Waals surface area contributed by atoms with E-state index in [1.807, 2.05) is 24.3 Å². The van der Waals surface area contributed by atoms with Gasteiger partial charge >= 0.3 is 12.0 Å². The zero-order valence-corrected chi connectivity index (χ0v) is 17.3. The van der Waals surface area contributed by atoms with Gasteiger partial charge in [0.15, 0.2) is 0 Å². The van der Waals surface area contributed by atoms with Crippen LogP contribution in [0.3, 0.4) is 0 Å². The van der Waals surface area contributed by atoms with Crippen LogP contribution in [0.25, 0.3) is 0 Å². The molecule has 0 bridgehead atoms. The second kappa shape index (κ2) is 7.23. The molecule has 0 aromatic heterocycles. The molecule has 0 aliphatic carbocycles. The first-order valence-electron chi connectivity index (χ1n) is 8.86. The number of hydrogen-bond acceptors (Lipinski definition) is 3. The van der Waals surface area contributed by atoms with Gasteiger partial charge in [-0.1, -0.05) is 39.8 Å². The Morgan fingerprint density at radius 1 is 1.35 bits per heavy atom. The molecule has 7 heteroatoms. The molecule has 0 radical (unpaired) electrons. The maximum absolute atomic E-state index is 11.9. The van der Waals surface area contributed by atoms with Gasteiger partial charge in [-0.3, -0.25) is 4.79 Å². The predicted octanol–water partition coefficient (Wildman–Crippen LogP) is 4.39. The van der Waals surface area contributed by atoms with Crippen molar-refractivity contribution in [3.05, 3.63) is 29.8 Å². The molecule has 1 heterocycles. The highest BCUT2D eigenvalue weighted by Gasteiger charge is 2.40. The number of hydrogen-bond donors (Lipinski definition) is 2. The third kappa shape index (κ3) is 4.15. The van der Waals surface area contributed by atoms with E-state index in [1.165, 1.54) is 0 Å². The lowest BCUT2D eigenvalue weighted by atomic mass is 9.86. The minimum absolute atomic E-state index is 0.0493. The number of aliphatic imine (C=N–C) groups is 1. The van der Waals surface area contributed by atoms with Gasteiger partial charge in [-0.2, -0.15) is 0 Å². The minimum atomic E-state index is -2.02. The lowest BCUT2D eigenvalue weighted by Gasteiger charge is -2.37. The van der Waals surface area contributed by atoms with Crippen molar-refractivity contribution in [2.45, 2.75) is 58.3 Å². The molecule has 2 unspecified atom stereocenters. The number of urea groups is 1. The van der Waals surface area contributed by atoms with Crippen LogP contribution < -0.4 is 9.74 Å². The zero-order valence-electron chi connectivity index (χ0n) is 16.3. The second-order valence-electron chi connectivity index (χ2n) is 8.13. The molecule has 0 fully saturated rings. The van der Waals surface area contributed by atoms with E-state index in [0.717, 1.165) is 0 Å². The topological polar surface area (TPSA) is 88.0 Å². The van der Waals surface area contributed by atoms with Crippen LogP contribution in [-0.2, 0) is 4.79 Å². The molecule has 2 atom stereocenters. The summed E-state index contributed by atoms with van der Waals surface area (Å²) in [6, 6.07) is 6.20. The van der Waals surface area contributed by atoms with Gasteiger partial charge in [0.05, 0.1) is 6.04 Å². The van der Waals surface area contributed by atoms with Crippen molar-refractivity contribution in [1.82, 2.24) is 5.32 Å². The Kier molecular flexibility index (Phi) is 5.60. The van der Waals surface area contributed by atoms with Crippen LogP contribution in [0.15, 0.2) is 29.3 Å². The molecule has 2 N–H and O–H groups in total. The number of nitrogens with one attached hydrogen (secondary N) is 1. The average Bonchev–Trinajstić information content (AvgIpc) is 2.52. The standard InChI is InChI=1S/C19H28N2O4Si/c1-7-14-15(17(22)23)16(21-18(24)20-14)12-9-8-10-13(11-12)25-26(5,6)19(2,3)4/h8-11,15-16H,7H2,1-6H3,(H,21,24)(H,22,23). The van der Waals surface area contributed by atoms with E-state index in [-0.39, 0.29) is 5.04 Å². The van der Waals surface area contributed by atoms with E-state index in [0.29, 0.717) is 23.4 Å². The Hall–Kier alpha value is -2.15. The molecule has 0 saturated carbocycles. The summed E-state index contributed by atoms with van der Waals surface area (Å²) in [6.07, 6.45) is 0.418. The Morgan fingerprint density at radius 3 is 2.54 bits per heavy atom. The summed E-state index contributed by atoms with van der Waals surface area (Å²) >= 11 is 0. The summed E-state index contributed by atoms with van der Waals surface area (Å²) in [5, 5.41) is 12.4. The number of carbonyl (C=O) groups is 2. The van der Waals surface area contributed by atoms with Crippen LogP contribution in [-0.4, -0.2) is 31.1 Å². The fraction of sp³-hybridized carbons (Fsp3) is 0.526. The summed E-state index contributed by atoms with van der Waals surface area (Å²) in [5.41, 5.74) is 1.10. The summed E-state index contributed by atoms with van der Waals surface area (Å²) < 4.78 is 6.32. The lowest BCUT2D eigenvalue weighted by molar-refractivity contribution is -0.140. The number of amides is 2. The first-order chi connectivity index (χ1) is 12.0. The smallest absolute Gasteiger partial charge is 0.341 e. The minimum Gasteiger partial charge on any atom is -0.543 e. The quantitative estimate of drug-likeness (QED) is 0.746. The summed E-state index contributed by atoms with van der Waals surface area (Å²) in [4.78, 5) is 27.6. The molecule has 2 amide bonds. The molecular formula is C19H28N2O4Si. The van der Waals surface area contributed by atoms with E-state index in [4.69, 9.17) is 4.43 Å². The van der Waals surface area contributed by atoms with Crippen LogP contribution in [0, 0.1) is 5.92 Å². The SMILES string of the molecule is CCC1=NC(=O)NC(c2cccc(O[Si](C)(C)C(C)(C)C)c2)C1C(=O)O. The molecular weight excluding hydrogens is 348 g/mol. The molecule has 1 aromatic carbocycles. The van der Waals surface area contributed by atoms with Crippen LogP contribution >= 0.6 is 0 Å².